The topological polar surface area (TPSA) is 80.6 Å². The first-order chi connectivity index (χ1) is 2.00. The van der Waals surface area contributed by atoms with Crippen molar-refractivity contribution in [2.45, 2.75) is 0 Å². The molecule has 0 aromatic heterocycles. The molecule has 2 N–H and O–H groups in total. The smallest absolute Gasteiger partial charge is 1.00 e. The zero-order chi connectivity index (χ0) is 4.50. The summed E-state index contributed by atoms with van der Waals surface area (Å²) in [6.45, 7) is 0. The molecule has 0 saturated heterocycles. The van der Waals surface area contributed by atoms with Gasteiger partial charge in [-0.05, 0) is 0 Å². The molecule has 40 valence electrons. The predicted octanol–water partition coefficient (Wildman–Crippen LogP) is -10.5. The quantitative estimate of drug-likeness (QED) is 0.249. The summed E-state index contributed by atoms with van der Waals surface area (Å²) < 4.78 is 8.77. The van der Waals surface area contributed by atoms with Crippen molar-refractivity contribution in [3.8, 4) is 0 Å². The third-order valence-electron chi connectivity index (χ3n) is 0. The van der Waals surface area contributed by atoms with Crippen LogP contribution in [0.15, 0.2) is 0 Å². The molecule has 0 aromatic carbocycles. The van der Waals surface area contributed by atoms with E-state index in [9.17, 15) is 0 Å². The van der Waals surface area contributed by atoms with Crippen LogP contribution in [0.1, 0.15) is 0 Å². The van der Waals surface area contributed by atoms with Gasteiger partial charge in [0.15, 0.2) is 0 Å². The first kappa shape index (κ1) is 22.5. The molecule has 0 aliphatic heterocycles. The molecule has 0 amide bonds. The van der Waals surface area contributed by atoms with Gasteiger partial charge in [-0.2, -0.15) is 0 Å². The largest absolute Gasteiger partial charge is 1.00 e. The van der Waals surface area contributed by atoms with Gasteiger partial charge in [-0.25, -0.2) is 0 Å². The molecule has 4 nitrogen and oxygen atoms in total. The van der Waals surface area contributed by atoms with E-state index >= 15 is 0 Å². The second-order valence-electron chi connectivity index (χ2n) is 0.491. The Morgan fingerprint density at radius 3 is 1.25 bits per heavy atom. The molecular weight excluding hydrogens is 236 g/mol. The van der Waals surface area contributed by atoms with Gasteiger partial charge in [0.2, 0.25) is 0 Å². The first-order valence-corrected chi connectivity index (χ1v) is 2.30. The fourth-order valence-corrected chi connectivity index (χ4v) is 0. The maximum atomic E-state index is 8.77. The summed E-state index contributed by atoms with van der Waals surface area (Å²) >= 11 is 0. The van der Waals surface area contributed by atoms with Crippen LogP contribution in [0.5, 0.6) is 0 Å². The molecule has 0 saturated carbocycles. The van der Waals surface area contributed by atoms with Crippen molar-refractivity contribution >= 4 is 7.82 Å². The zero-order valence-electron chi connectivity index (χ0n) is 4.54. The average Bonchev–Trinajstić information content (AvgIpc) is 0.722. The van der Waals surface area contributed by atoms with Gasteiger partial charge in [-0.1, -0.05) is 0 Å². The Labute approximate surface area is 88.0 Å². The van der Waals surface area contributed by atoms with Crippen LogP contribution in [0.25, 0.3) is 0 Å². The normalized spacial score (nSPS) is 7.38. The van der Waals surface area contributed by atoms with Gasteiger partial charge in [0.25, 0.3) is 7.82 Å². The Morgan fingerprint density at radius 2 is 1.25 bits per heavy atom. The van der Waals surface area contributed by atoms with E-state index in [1.165, 1.54) is 0 Å². The van der Waals surface area contributed by atoms with Crippen LogP contribution < -0.4 is 66.6 Å². The molecule has 0 fully saturated rings. The van der Waals surface area contributed by atoms with E-state index in [-0.39, 0.29) is 61.7 Å². The fraction of sp³-hybridized carbons (Fsp3) is 0. The molecule has 0 aromatic rings. The summed E-state index contributed by atoms with van der Waals surface area (Å²) in [6.07, 6.45) is 0. The molecule has 0 unspecified atom stereocenters. The number of rotatable bonds is 0. The number of hydrogen-bond acceptors (Lipinski definition) is 2. The molecule has 0 rings (SSSR count). The molecule has 0 aliphatic rings. The summed E-state index contributed by atoms with van der Waals surface area (Å²) in [6, 6.07) is 0. The van der Waals surface area contributed by atoms with Crippen LogP contribution in [0.2, 0.25) is 0 Å². The molecule has 0 aliphatic carbocycles. The number of halogens is 1. The van der Waals surface area contributed by atoms with E-state index in [4.69, 9.17) is 19.2 Å². The summed E-state index contributed by atoms with van der Waals surface area (Å²) in [4.78, 5) is 22.9. The number of hydrogen-bond donors (Lipinski definition) is 2. The van der Waals surface area contributed by atoms with Gasteiger partial charge in [-0.3, -0.25) is 4.57 Å². The van der Waals surface area contributed by atoms with Crippen molar-refractivity contribution in [1.29, 1.82) is 0 Å². The predicted molar refractivity (Wildman–Crippen MR) is 12.0 cm³/mol. The van der Waals surface area contributed by atoms with Crippen molar-refractivity contribution in [2.24, 2.45) is 0 Å². The van der Waals surface area contributed by atoms with Gasteiger partial charge >= 0.3 is 37.7 Å². The van der Waals surface area contributed by atoms with Gasteiger partial charge in [-0.15, -0.1) is 0 Å². The number of phosphoric acid groups is 1. The van der Waals surface area contributed by atoms with Gasteiger partial charge in [0.1, 0.15) is 0 Å². The molecule has 0 spiro atoms. The molecule has 0 atom stereocenters. The Kier molecular flexibility index (Phi) is 25.4. The third kappa shape index (κ3) is 96.0. The van der Waals surface area contributed by atoms with Crippen molar-refractivity contribution in [3.63, 3.8) is 0 Å². The SMILES string of the molecule is O=P([O-])(O)O.[I-].[Li+].[Li+]. The minimum absolute atomic E-state index is 0. The van der Waals surface area contributed by atoms with Crippen LogP contribution in [-0.4, -0.2) is 9.79 Å². The maximum absolute atomic E-state index is 8.77. The monoisotopic (exact) mass is 238 g/mol. The Bertz CT molecular complexity index is 60.2. The fourth-order valence-electron chi connectivity index (χ4n) is 0. The van der Waals surface area contributed by atoms with E-state index in [1.54, 1.807) is 0 Å². The molecule has 0 radical (unpaired) electrons. The van der Waals surface area contributed by atoms with E-state index < -0.39 is 7.82 Å². The Morgan fingerprint density at radius 1 is 1.25 bits per heavy atom. The Balaban J connectivity index is -0.0000000267. The second-order valence-corrected chi connectivity index (χ2v) is 1.47. The van der Waals surface area contributed by atoms with Crippen molar-refractivity contribution in [1.82, 2.24) is 0 Å². The summed E-state index contributed by atoms with van der Waals surface area (Å²) in [7, 11) is -4.89. The Hall–Kier alpha value is 2.03. The molecule has 8 heavy (non-hydrogen) atoms. The molecule has 0 bridgehead atoms. The van der Waals surface area contributed by atoms with E-state index in [1.807, 2.05) is 0 Å². The maximum Gasteiger partial charge on any atom is 1.00 e. The summed E-state index contributed by atoms with van der Waals surface area (Å²) in [5, 5.41) is 0. The van der Waals surface area contributed by atoms with E-state index in [2.05, 4.69) is 0 Å². The third-order valence-corrected chi connectivity index (χ3v) is 0. The van der Waals surface area contributed by atoms with Crippen molar-refractivity contribution in [2.75, 3.05) is 0 Å². The van der Waals surface area contributed by atoms with Crippen LogP contribution >= 0.6 is 7.82 Å². The van der Waals surface area contributed by atoms with E-state index in [0.717, 1.165) is 0 Å². The second kappa shape index (κ2) is 9.03. The van der Waals surface area contributed by atoms with Gasteiger partial charge in [0.05, 0.1) is 0 Å². The first-order valence-electron chi connectivity index (χ1n) is 0.765. The zero-order valence-corrected chi connectivity index (χ0v) is 7.59. The van der Waals surface area contributed by atoms with Crippen LogP contribution in [0.4, 0.5) is 0 Å². The average molecular weight is 238 g/mol. The van der Waals surface area contributed by atoms with Crippen LogP contribution in [0.3, 0.4) is 0 Å². The summed E-state index contributed by atoms with van der Waals surface area (Å²) in [5.41, 5.74) is 0. The summed E-state index contributed by atoms with van der Waals surface area (Å²) in [5.74, 6) is 0. The molecule has 0 heterocycles. The van der Waals surface area contributed by atoms with E-state index in [0.29, 0.717) is 0 Å². The molecular formula is H2ILi2O4P. The standard InChI is InChI=1S/HI.2Li.H3O4P/c;;;1-5(2,3)4/h1H;;;(H3,1,2,3,4)/q;2*+1;/p-2. The minimum Gasteiger partial charge on any atom is -1.00 e. The van der Waals surface area contributed by atoms with Crippen molar-refractivity contribution in [3.05, 3.63) is 0 Å². The van der Waals surface area contributed by atoms with Crippen molar-refractivity contribution < 1.29 is 80.9 Å². The minimum atomic E-state index is -4.89. The van der Waals surface area contributed by atoms with Crippen LogP contribution in [-0.2, 0) is 4.57 Å². The molecule has 8 heteroatoms. The van der Waals surface area contributed by atoms with Gasteiger partial charge in [0, 0.05) is 0 Å². The van der Waals surface area contributed by atoms with Crippen LogP contribution in [0, 0.1) is 0 Å². The van der Waals surface area contributed by atoms with Gasteiger partial charge < -0.3 is 38.7 Å².